The average molecular weight is 273 g/mol. The van der Waals surface area contributed by atoms with E-state index in [1.807, 2.05) is 20.8 Å². The zero-order valence-electron chi connectivity index (χ0n) is 11.7. The topological polar surface area (TPSA) is 47.0 Å². The van der Waals surface area contributed by atoms with Gasteiger partial charge in [0, 0.05) is 29.9 Å². The Kier molecular flexibility index (Phi) is 6.80. The van der Waals surface area contributed by atoms with Crippen LogP contribution in [-0.2, 0) is 17.7 Å². The van der Waals surface area contributed by atoms with Gasteiger partial charge in [0.05, 0.1) is 6.61 Å². The first-order chi connectivity index (χ1) is 9.04. The molecule has 6 heteroatoms. The molecule has 0 saturated carbocycles. The summed E-state index contributed by atoms with van der Waals surface area (Å²) in [6.07, 6.45) is -1.97. The van der Waals surface area contributed by atoms with Gasteiger partial charge in [0.25, 0.3) is 6.43 Å². The minimum absolute atomic E-state index is 0.218. The van der Waals surface area contributed by atoms with E-state index in [1.54, 1.807) is 0 Å². The van der Waals surface area contributed by atoms with Crippen molar-refractivity contribution in [2.24, 2.45) is 0 Å². The first-order valence-corrected chi connectivity index (χ1v) is 6.44. The van der Waals surface area contributed by atoms with E-state index in [4.69, 9.17) is 4.74 Å². The maximum Gasteiger partial charge on any atom is 0.261 e. The van der Waals surface area contributed by atoms with Crippen LogP contribution in [0.25, 0.3) is 0 Å². The molecule has 0 aliphatic heterocycles. The fourth-order valence-electron chi connectivity index (χ4n) is 1.76. The first-order valence-electron chi connectivity index (χ1n) is 6.44. The van der Waals surface area contributed by atoms with Crippen LogP contribution in [0.4, 0.5) is 8.78 Å². The Morgan fingerprint density at radius 2 is 1.84 bits per heavy atom. The standard InChI is InChI=1S/C13H21F2N3O/c1-4-16-7-11-9(2)17-13(18-10(11)3)5-6-19-8-12(14)15/h12,16H,4-8H2,1-3H3. The lowest BCUT2D eigenvalue weighted by Gasteiger charge is -2.11. The number of hydrogen-bond acceptors (Lipinski definition) is 4. The molecule has 1 aromatic rings. The molecule has 0 atom stereocenters. The maximum absolute atomic E-state index is 11.9. The van der Waals surface area contributed by atoms with Gasteiger partial charge in [-0.2, -0.15) is 0 Å². The smallest absolute Gasteiger partial charge is 0.261 e. The quantitative estimate of drug-likeness (QED) is 0.736. The summed E-state index contributed by atoms with van der Waals surface area (Å²) >= 11 is 0. The summed E-state index contributed by atoms with van der Waals surface area (Å²) in [5.41, 5.74) is 2.95. The largest absolute Gasteiger partial charge is 0.375 e. The van der Waals surface area contributed by atoms with Gasteiger partial charge in [-0.25, -0.2) is 18.7 Å². The molecule has 1 heterocycles. The summed E-state index contributed by atoms with van der Waals surface area (Å²) in [5, 5.41) is 3.24. The third kappa shape index (κ3) is 5.57. The molecule has 0 fully saturated rings. The number of halogens is 2. The molecule has 1 rings (SSSR count). The lowest BCUT2D eigenvalue weighted by molar-refractivity contribution is 0.0182. The summed E-state index contributed by atoms with van der Waals surface area (Å²) in [7, 11) is 0. The van der Waals surface area contributed by atoms with Crippen LogP contribution in [0.5, 0.6) is 0 Å². The third-order valence-corrected chi connectivity index (χ3v) is 2.73. The predicted octanol–water partition coefficient (Wildman–Crippen LogP) is 2.03. The van der Waals surface area contributed by atoms with E-state index >= 15 is 0 Å². The first kappa shape index (κ1) is 15.9. The maximum atomic E-state index is 11.9. The van der Waals surface area contributed by atoms with Crippen LogP contribution < -0.4 is 5.32 Å². The van der Waals surface area contributed by atoms with Crippen molar-refractivity contribution in [3.05, 3.63) is 22.8 Å². The second-order valence-electron chi connectivity index (χ2n) is 4.29. The molecule has 0 bridgehead atoms. The zero-order chi connectivity index (χ0) is 14.3. The monoisotopic (exact) mass is 273 g/mol. The molecule has 1 aromatic heterocycles. The summed E-state index contributed by atoms with van der Waals surface area (Å²) in [6, 6.07) is 0. The molecular formula is C13H21F2N3O. The number of rotatable bonds is 8. The van der Waals surface area contributed by atoms with E-state index in [0.29, 0.717) is 12.2 Å². The highest BCUT2D eigenvalue weighted by Crippen LogP contribution is 2.10. The molecular weight excluding hydrogens is 252 g/mol. The van der Waals surface area contributed by atoms with Crippen molar-refractivity contribution in [1.29, 1.82) is 0 Å². The molecule has 19 heavy (non-hydrogen) atoms. The van der Waals surface area contributed by atoms with Gasteiger partial charge in [-0.05, 0) is 20.4 Å². The lowest BCUT2D eigenvalue weighted by atomic mass is 10.1. The fourth-order valence-corrected chi connectivity index (χ4v) is 1.76. The summed E-state index contributed by atoms with van der Waals surface area (Å²) in [4.78, 5) is 8.77. The van der Waals surface area contributed by atoms with Crippen LogP contribution >= 0.6 is 0 Å². The molecule has 108 valence electrons. The van der Waals surface area contributed by atoms with Gasteiger partial charge in [0.1, 0.15) is 12.4 Å². The van der Waals surface area contributed by atoms with E-state index in [2.05, 4.69) is 15.3 Å². The van der Waals surface area contributed by atoms with E-state index < -0.39 is 13.0 Å². The van der Waals surface area contributed by atoms with Crippen molar-refractivity contribution in [3.63, 3.8) is 0 Å². The normalized spacial score (nSPS) is 11.3. The number of hydrogen-bond donors (Lipinski definition) is 1. The Hall–Kier alpha value is -1.14. The van der Waals surface area contributed by atoms with Crippen molar-refractivity contribution in [2.75, 3.05) is 19.8 Å². The van der Waals surface area contributed by atoms with E-state index in [9.17, 15) is 8.78 Å². The number of aromatic nitrogens is 2. The molecule has 0 amide bonds. The Labute approximate surface area is 112 Å². The molecule has 0 radical (unpaired) electrons. The van der Waals surface area contributed by atoms with Crippen molar-refractivity contribution in [2.45, 2.75) is 40.2 Å². The third-order valence-electron chi connectivity index (χ3n) is 2.73. The molecule has 0 aliphatic rings. The van der Waals surface area contributed by atoms with Crippen LogP contribution in [0.1, 0.15) is 29.7 Å². The van der Waals surface area contributed by atoms with Gasteiger partial charge in [-0.15, -0.1) is 0 Å². The van der Waals surface area contributed by atoms with Gasteiger partial charge in [0.15, 0.2) is 0 Å². The number of aryl methyl sites for hydroxylation is 2. The average Bonchev–Trinajstić information content (AvgIpc) is 2.33. The minimum Gasteiger partial charge on any atom is -0.375 e. The molecule has 0 spiro atoms. The highest BCUT2D eigenvalue weighted by molar-refractivity contribution is 5.24. The Morgan fingerprint density at radius 3 is 2.37 bits per heavy atom. The number of alkyl halides is 2. The number of nitrogens with one attached hydrogen (secondary N) is 1. The fraction of sp³-hybridized carbons (Fsp3) is 0.692. The predicted molar refractivity (Wildman–Crippen MR) is 69.4 cm³/mol. The number of nitrogens with zero attached hydrogens (tertiary/aromatic N) is 2. The second-order valence-corrected chi connectivity index (χ2v) is 4.29. The van der Waals surface area contributed by atoms with Crippen LogP contribution in [0.2, 0.25) is 0 Å². The SMILES string of the molecule is CCNCc1c(C)nc(CCOCC(F)F)nc1C. The van der Waals surface area contributed by atoms with Crippen LogP contribution in [0.15, 0.2) is 0 Å². The minimum atomic E-state index is -2.42. The molecule has 0 unspecified atom stereocenters. The van der Waals surface area contributed by atoms with Crippen LogP contribution in [0.3, 0.4) is 0 Å². The van der Waals surface area contributed by atoms with Crippen molar-refractivity contribution in [1.82, 2.24) is 15.3 Å². The summed E-state index contributed by atoms with van der Waals surface area (Å²) in [5.74, 6) is 0.643. The zero-order valence-corrected chi connectivity index (χ0v) is 11.7. The molecule has 0 aliphatic carbocycles. The number of ether oxygens (including phenoxy) is 1. The van der Waals surface area contributed by atoms with E-state index in [1.165, 1.54) is 0 Å². The van der Waals surface area contributed by atoms with Gasteiger partial charge < -0.3 is 10.1 Å². The molecule has 1 N–H and O–H groups in total. The molecule has 4 nitrogen and oxygen atoms in total. The highest BCUT2D eigenvalue weighted by atomic mass is 19.3. The summed E-state index contributed by atoms with van der Waals surface area (Å²) < 4.78 is 28.6. The van der Waals surface area contributed by atoms with Crippen LogP contribution in [0, 0.1) is 13.8 Å². The van der Waals surface area contributed by atoms with Crippen molar-refractivity contribution in [3.8, 4) is 0 Å². The van der Waals surface area contributed by atoms with Crippen LogP contribution in [-0.4, -0.2) is 36.2 Å². The van der Waals surface area contributed by atoms with Gasteiger partial charge in [-0.3, -0.25) is 0 Å². The highest BCUT2D eigenvalue weighted by Gasteiger charge is 2.08. The van der Waals surface area contributed by atoms with Gasteiger partial charge >= 0.3 is 0 Å². The molecule has 0 saturated heterocycles. The summed E-state index contributed by atoms with van der Waals surface area (Å²) in [6.45, 7) is 7.24. The Bertz CT molecular complexity index is 376. The lowest BCUT2D eigenvalue weighted by Crippen LogP contribution is -2.17. The Balaban J connectivity index is 2.56. The van der Waals surface area contributed by atoms with Gasteiger partial charge in [-0.1, -0.05) is 6.92 Å². The van der Waals surface area contributed by atoms with Crippen molar-refractivity contribution >= 4 is 0 Å². The van der Waals surface area contributed by atoms with Gasteiger partial charge in [0.2, 0.25) is 0 Å². The molecule has 0 aromatic carbocycles. The Morgan fingerprint density at radius 1 is 1.21 bits per heavy atom. The van der Waals surface area contributed by atoms with E-state index in [0.717, 1.165) is 30.0 Å². The second kappa shape index (κ2) is 8.12. The van der Waals surface area contributed by atoms with Crippen molar-refractivity contribution < 1.29 is 13.5 Å². The van der Waals surface area contributed by atoms with E-state index in [-0.39, 0.29) is 6.61 Å².